The van der Waals surface area contributed by atoms with E-state index in [1.165, 1.54) is 12.5 Å². The molecular formula is C24H33N3O5. The number of Topliss-reactive ketones (excluding diaryl/α,β-unsaturated/α-hetero) is 1. The molecule has 0 saturated carbocycles. The van der Waals surface area contributed by atoms with Gasteiger partial charge in [-0.3, -0.25) is 19.2 Å². The SMILES string of the molecule is CCONC(=O)CCCCCCC(=O)N1CCc2c([nH]c3ccc(OCC(C)=O)cc23)C1. The number of carbonyl (C=O) groups excluding carboxylic acids is 3. The minimum atomic E-state index is -0.0945. The molecule has 0 radical (unpaired) electrons. The Kier molecular flexibility index (Phi) is 8.67. The maximum atomic E-state index is 12.7. The number of ketones is 1. The summed E-state index contributed by atoms with van der Waals surface area (Å²) < 4.78 is 5.54. The Morgan fingerprint density at radius 2 is 1.91 bits per heavy atom. The van der Waals surface area contributed by atoms with Crippen molar-refractivity contribution in [2.24, 2.45) is 0 Å². The van der Waals surface area contributed by atoms with Gasteiger partial charge in [0.2, 0.25) is 11.8 Å². The van der Waals surface area contributed by atoms with E-state index in [1.807, 2.05) is 30.0 Å². The molecule has 8 nitrogen and oxygen atoms in total. The second-order valence-corrected chi connectivity index (χ2v) is 8.22. The molecule has 32 heavy (non-hydrogen) atoms. The van der Waals surface area contributed by atoms with Crippen molar-refractivity contribution in [3.05, 3.63) is 29.5 Å². The molecule has 2 aromatic rings. The highest BCUT2D eigenvalue weighted by atomic mass is 16.6. The number of H-pyrrole nitrogens is 1. The number of carbonyl (C=O) groups is 3. The van der Waals surface area contributed by atoms with Crippen LogP contribution in [0.4, 0.5) is 0 Å². The number of hydroxylamine groups is 1. The van der Waals surface area contributed by atoms with Crippen LogP contribution in [0.15, 0.2) is 18.2 Å². The van der Waals surface area contributed by atoms with E-state index in [0.717, 1.165) is 48.7 Å². The zero-order chi connectivity index (χ0) is 22.9. The van der Waals surface area contributed by atoms with Crippen LogP contribution in [-0.2, 0) is 32.2 Å². The molecule has 1 aromatic heterocycles. The Morgan fingerprint density at radius 3 is 2.66 bits per heavy atom. The summed E-state index contributed by atoms with van der Waals surface area (Å²) in [5.74, 6) is 0.752. The van der Waals surface area contributed by atoms with Gasteiger partial charge in [-0.2, -0.15) is 0 Å². The lowest BCUT2D eigenvalue weighted by Gasteiger charge is -2.27. The van der Waals surface area contributed by atoms with Gasteiger partial charge in [-0.15, -0.1) is 0 Å². The number of rotatable bonds is 12. The first-order chi connectivity index (χ1) is 15.5. The first-order valence-corrected chi connectivity index (χ1v) is 11.4. The Bertz CT molecular complexity index is 953. The molecule has 8 heteroatoms. The molecule has 1 aliphatic heterocycles. The molecule has 0 fully saturated rings. The third-order valence-electron chi connectivity index (χ3n) is 5.62. The third kappa shape index (κ3) is 6.56. The number of nitrogens with one attached hydrogen (secondary N) is 2. The summed E-state index contributed by atoms with van der Waals surface area (Å²) in [5.41, 5.74) is 5.71. The monoisotopic (exact) mass is 443 g/mol. The quantitative estimate of drug-likeness (QED) is 0.387. The minimum absolute atomic E-state index is 0.0116. The smallest absolute Gasteiger partial charge is 0.243 e. The number of amides is 2. The maximum absolute atomic E-state index is 12.7. The number of benzene rings is 1. The molecule has 1 aliphatic rings. The zero-order valence-corrected chi connectivity index (χ0v) is 19.0. The van der Waals surface area contributed by atoms with E-state index in [4.69, 9.17) is 9.57 Å². The fourth-order valence-corrected chi connectivity index (χ4v) is 3.98. The first kappa shape index (κ1) is 23.8. The molecule has 3 rings (SSSR count). The number of ether oxygens (including phenoxy) is 1. The van der Waals surface area contributed by atoms with Crippen LogP contribution in [0.2, 0.25) is 0 Å². The van der Waals surface area contributed by atoms with Crippen LogP contribution in [0, 0.1) is 0 Å². The Hall–Kier alpha value is -2.87. The number of unbranched alkanes of at least 4 members (excludes halogenated alkanes) is 3. The van der Waals surface area contributed by atoms with Crippen LogP contribution in [-0.4, -0.2) is 47.2 Å². The van der Waals surface area contributed by atoms with Crippen molar-refractivity contribution in [3.63, 3.8) is 0 Å². The van der Waals surface area contributed by atoms with E-state index in [1.54, 1.807) is 0 Å². The van der Waals surface area contributed by atoms with Crippen molar-refractivity contribution in [3.8, 4) is 5.75 Å². The standard InChI is InChI=1S/C24H33N3O5/c1-3-32-26-23(29)8-6-4-5-7-9-24(30)27-13-12-19-20-14-18(31-16-17(2)28)10-11-21(20)25-22(19)15-27/h10-11,14,25H,3-9,12-13,15-16H2,1-2H3,(H,26,29). The summed E-state index contributed by atoms with van der Waals surface area (Å²) in [7, 11) is 0. The van der Waals surface area contributed by atoms with Crippen LogP contribution in [0.25, 0.3) is 10.9 Å². The highest BCUT2D eigenvalue weighted by molar-refractivity contribution is 5.87. The van der Waals surface area contributed by atoms with Crippen LogP contribution < -0.4 is 10.2 Å². The van der Waals surface area contributed by atoms with Gasteiger partial charge in [0.15, 0.2) is 5.78 Å². The lowest BCUT2D eigenvalue weighted by Crippen LogP contribution is -2.35. The number of fused-ring (bicyclic) bond motifs is 3. The van der Waals surface area contributed by atoms with Crippen molar-refractivity contribution in [1.82, 2.24) is 15.4 Å². The predicted octanol–water partition coefficient (Wildman–Crippen LogP) is 3.43. The van der Waals surface area contributed by atoms with Crippen molar-refractivity contribution >= 4 is 28.5 Å². The Balaban J connectivity index is 1.44. The fourth-order valence-electron chi connectivity index (χ4n) is 3.98. The number of hydrogen-bond donors (Lipinski definition) is 2. The zero-order valence-electron chi connectivity index (χ0n) is 19.0. The average molecular weight is 444 g/mol. The molecule has 0 unspecified atom stereocenters. The molecule has 0 saturated heterocycles. The van der Waals surface area contributed by atoms with E-state index < -0.39 is 0 Å². The van der Waals surface area contributed by atoms with Gasteiger partial charge in [-0.05, 0) is 56.9 Å². The van der Waals surface area contributed by atoms with Gasteiger partial charge in [0.25, 0.3) is 0 Å². The summed E-state index contributed by atoms with van der Waals surface area (Å²) in [4.78, 5) is 45.5. The van der Waals surface area contributed by atoms with Gasteiger partial charge in [-0.1, -0.05) is 12.8 Å². The summed E-state index contributed by atoms with van der Waals surface area (Å²) in [5, 5.41) is 1.10. The number of nitrogens with zero attached hydrogens (tertiary/aromatic N) is 1. The summed E-state index contributed by atoms with van der Waals surface area (Å²) in [6, 6.07) is 5.79. The molecule has 1 aromatic carbocycles. The number of aromatic nitrogens is 1. The van der Waals surface area contributed by atoms with Crippen LogP contribution in [0.5, 0.6) is 5.75 Å². The topological polar surface area (TPSA) is 101 Å². The molecule has 0 bridgehead atoms. The fraction of sp³-hybridized carbons (Fsp3) is 0.542. The highest BCUT2D eigenvalue weighted by Crippen LogP contribution is 2.30. The normalized spacial score (nSPS) is 13.1. The van der Waals surface area contributed by atoms with Gasteiger partial charge >= 0.3 is 0 Å². The number of aromatic amines is 1. The molecule has 0 aliphatic carbocycles. The molecule has 2 heterocycles. The van der Waals surface area contributed by atoms with Crippen molar-refractivity contribution in [2.75, 3.05) is 19.8 Å². The molecule has 0 atom stereocenters. The first-order valence-electron chi connectivity index (χ1n) is 11.4. The van der Waals surface area contributed by atoms with Gasteiger partial charge in [0, 0.05) is 36.0 Å². The molecule has 0 spiro atoms. The van der Waals surface area contributed by atoms with E-state index >= 15 is 0 Å². The van der Waals surface area contributed by atoms with Gasteiger partial charge in [-0.25, -0.2) is 5.48 Å². The average Bonchev–Trinajstić information content (AvgIpc) is 3.15. The Labute approximate surface area is 188 Å². The van der Waals surface area contributed by atoms with E-state index in [0.29, 0.717) is 38.3 Å². The van der Waals surface area contributed by atoms with Crippen molar-refractivity contribution < 1.29 is 24.0 Å². The van der Waals surface area contributed by atoms with E-state index in [9.17, 15) is 14.4 Å². The molecule has 2 N–H and O–H groups in total. The molecule has 2 amide bonds. The summed E-state index contributed by atoms with van der Waals surface area (Å²) >= 11 is 0. The van der Waals surface area contributed by atoms with Crippen molar-refractivity contribution in [1.29, 1.82) is 0 Å². The maximum Gasteiger partial charge on any atom is 0.243 e. The molecular weight excluding hydrogens is 410 g/mol. The molecule has 174 valence electrons. The minimum Gasteiger partial charge on any atom is -0.486 e. The highest BCUT2D eigenvalue weighted by Gasteiger charge is 2.23. The lowest BCUT2D eigenvalue weighted by atomic mass is 10.0. The number of hydrogen-bond acceptors (Lipinski definition) is 5. The second kappa shape index (κ2) is 11.7. The van der Waals surface area contributed by atoms with Gasteiger partial charge in [0.05, 0.1) is 13.2 Å². The van der Waals surface area contributed by atoms with E-state index in [2.05, 4.69) is 10.5 Å². The van der Waals surface area contributed by atoms with Gasteiger partial charge in [0.1, 0.15) is 12.4 Å². The summed E-state index contributed by atoms with van der Waals surface area (Å²) in [6.45, 7) is 5.15. The van der Waals surface area contributed by atoms with E-state index in [-0.39, 0.29) is 24.2 Å². The van der Waals surface area contributed by atoms with Crippen LogP contribution >= 0.6 is 0 Å². The predicted molar refractivity (Wildman–Crippen MR) is 121 cm³/mol. The van der Waals surface area contributed by atoms with Crippen LogP contribution in [0.3, 0.4) is 0 Å². The largest absolute Gasteiger partial charge is 0.486 e. The summed E-state index contributed by atoms with van der Waals surface area (Å²) in [6.07, 6.45) is 5.27. The van der Waals surface area contributed by atoms with Crippen molar-refractivity contribution in [2.45, 2.75) is 65.3 Å². The second-order valence-electron chi connectivity index (χ2n) is 8.22. The van der Waals surface area contributed by atoms with Gasteiger partial charge < -0.3 is 14.6 Å². The Morgan fingerprint density at radius 1 is 1.12 bits per heavy atom. The third-order valence-corrected chi connectivity index (χ3v) is 5.62. The van der Waals surface area contributed by atoms with Crippen LogP contribution in [0.1, 0.15) is 63.6 Å². The lowest BCUT2D eigenvalue weighted by molar-refractivity contribution is -0.133.